The average molecular weight is 290 g/mol. The van der Waals surface area contributed by atoms with Crippen molar-refractivity contribution in [3.8, 4) is 0 Å². The van der Waals surface area contributed by atoms with Crippen LogP contribution >= 0.6 is 0 Å². The molecule has 1 aromatic carbocycles. The molecule has 1 saturated heterocycles. The lowest BCUT2D eigenvalue weighted by molar-refractivity contribution is -0.459. The summed E-state index contributed by atoms with van der Waals surface area (Å²) in [6.45, 7) is 5.38. The van der Waals surface area contributed by atoms with Crippen LogP contribution in [0, 0.1) is 11.8 Å². The molecule has 0 radical (unpaired) electrons. The second-order valence-electron chi connectivity index (χ2n) is 7.23. The maximum Gasteiger partial charge on any atom is 0.164 e. The Morgan fingerprint density at radius 2 is 2.00 bits per heavy atom. The van der Waals surface area contributed by atoms with E-state index >= 15 is 0 Å². The van der Waals surface area contributed by atoms with Gasteiger partial charge in [-0.1, -0.05) is 30.3 Å². The summed E-state index contributed by atoms with van der Waals surface area (Å²) in [5.41, 5.74) is 5.69. The van der Waals surface area contributed by atoms with Crippen LogP contribution in [0.2, 0.25) is 0 Å². The van der Waals surface area contributed by atoms with E-state index in [2.05, 4.69) is 17.9 Å². The molecule has 2 saturated carbocycles. The van der Waals surface area contributed by atoms with Gasteiger partial charge in [-0.15, -0.1) is 0 Å². The first-order chi connectivity index (χ1) is 10.00. The third kappa shape index (κ3) is 2.21. The summed E-state index contributed by atoms with van der Waals surface area (Å²) < 4.78 is 18.2. The fourth-order valence-corrected chi connectivity index (χ4v) is 4.13. The van der Waals surface area contributed by atoms with Crippen molar-refractivity contribution in [3.63, 3.8) is 0 Å². The van der Waals surface area contributed by atoms with Crippen molar-refractivity contribution in [2.75, 3.05) is 6.61 Å². The maximum atomic E-state index is 6.11. The lowest BCUT2D eigenvalue weighted by Gasteiger charge is -2.22. The normalized spacial score (nSPS) is 42.6. The van der Waals surface area contributed by atoms with E-state index in [0.29, 0.717) is 18.4 Å². The minimum atomic E-state index is -0.481. The number of benzene rings is 1. The van der Waals surface area contributed by atoms with Crippen molar-refractivity contribution >= 4 is 0 Å². The Morgan fingerprint density at radius 1 is 1.24 bits per heavy atom. The molecule has 2 aliphatic carbocycles. The summed E-state index contributed by atoms with van der Waals surface area (Å²) in [5.74, 6) is 0.531. The van der Waals surface area contributed by atoms with Gasteiger partial charge in [0.2, 0.25) is 0 Å². The molecular weight excluding hydrogens is 266 g/mol. The van der Waals surface area contributed by atoms with E-state index in [0.717, 1.165) is 13.0 Å². The first-order valence-electron chi connectivity index (χ1n) is 7.82. The predicted molar refractivity (Wildman–Crippen MR) is 77.1 cm³/mol. The molecule has 5 unspecified atom stereocenters. The van der Waals surface area contributed by atoms with E-state index in [1.54, 1.807) is 0 Å². The zero-order valence-corrected chi connectivity index (χ0v) is 12.7. The number of ether oxygens (including phenoxy) is 3. The van der Waals surface area contributed by atoms with E-state index in [1.165, 1.54) is 5.56 Å². The molecule has 0 aromatic heterocycles. The molecule has 3 N–H and O–H groups in total. The molecule has 114 valence electrons. The molecule has 5 atom stereocenters. The van der Waals surface area contributed by atoms with Crippen molar-refractivity contribution in [2.45, 2.75) is 50.4 Å². The zero-order chi connectivity index (χ0) is 14.7. The van der Waals surface area contributed by atoms with Gasteiger partial charge < -0.3 is 19.9 Å². The van der Waals surface area contributed by atoms with Crippen LogP contribution in [-0.4, -0.2) is 30.1 Å². The van der Waals surface area contributed by atoms with Crippen LogP contribution in [-0.2, 0) is 20.8 Å². The van der Waals surface area contributed by atoms with Gasteiger partial charge in [-0.05, 0) is 19.4 Å². The van der Waals surface area contributed by atoms with Gasteiger partial charge in [-0.25, -0.2) is 0 Å². The van der Waals surface area contributed by atoms with E-state index in [4.69, 9.17) is 14.2 Å². The highest BCUT2D eigenvalue weighted by Gasteiger charge is 2.77. The molecule has 3 aliphatic rings. The first kappa shape index (κ1) is 13.7. The van der Waals surface area contributed by atoms with Crippen molar-refractivity contribution in [3.05, 3.63) is 35.9 Å². The molecule has 0 bridgehead atoms. The summed E-state index contributed by atoms with van der Waals surface area (Å²) in [6.07, 6.45) is 1.43. The second kappa shape index (κ2) is 4.53. The Hall–Kier alpha value is -0.940. The van der Waals surface area contributed by atoms with Gasteiger partial charge in [-0.3, -0.25) is 0 Å². The molecule has 1 heterocycles. The molecule has 3 fully saturated rings. The number of hydrogen-bond donors (Lipinski definition) is 1. The van der Waals surface area contributed by atoms with E-state index < -0.39 is 5.79 Å². The third-order valence-corrected chi connectivity index (χ3v) is 5.23. The third-order valence-electron chi connectivity index (χ3n) is 5.23. The van der Waals surface area contributed by atoms with Gasteiger partial charge in [0, 0.05) is 18.3 Å². The lowest BCUT2D eigenvalue weighted by Crippen LogP contribution is -2.70. The van der Waals surface area contributed by atoms with Crippen LogP contribution < -0.4 is 5.73 Å². The van der Waals surface area contributed by atoms with Crippen LogP contribution in [0.4, 0.5) is 0 Å². The summed E-state index contributed by atoms with van der Waals surface area (Å²) in [4.78, 5) is 0. The minimum absolute atomic E-state index is 0.0687. The highest BCUT2D eigenvalue weighted by atomic mass is 16.8. The number of rotatable bonds is 4. The Kier molecular flexibility index (Phi) is 2.95. The summed E-state index contributed by atoms with van der Waals surface area (Å²) in [6, 6.07) is 10.3. The van der Waals surface area contributed by atoms with Crippen LogP contribution in [0.1, 0.15) is 25.8 Å². The van der Waals surface area contributed by atoms with Crippen molar-refractivity contribution in [1.29, 1.82) is 0 Å². The van der Waals surface area contributed by atoms with Crippen LogP contribution in [0.15, 0.2) is 30.3 Å². The van der Waals surface area contributed by atoms with Gasteiger partial charge in [0.15, 0.2) is 5.79 Å². The summed E-state index contributed by atoms with van der Waals surface area (Å²) in [5, 5.41) is 0. The number of fused-ring (bicyclic) bond motifs is 3. The molecule has 0 spiro atoms. The van der Waals surface area contributed by atoms with Crippen LogP contribution in [0.25, 0.3) is 0 Å². The Labute approximate surface area is 125 Å². The molecular formula is C17H24NO3+. The molecule has 4 rings (SSSR count). The average Bonchev–Trinajstić information content (AvgIpc) is 2.94. The van der Waals surface area contributed by atoms with E-state index in [9.17, 15) is 0 Å². The fourth-order valence-electron chi connectivity index (χ4n) is 4.13. The van der Waals surface area contributed by atoms with Gasteiger partial charge in [0.25, 0.3) is 0 Å². The molecule has 21 heavy (non-hydrogen) atoms. The molecule has 1 aliphatic heterocycles. The molecule has 1 aromatic rings. The monoisotopic (exact) mass is 290 g/mol. The molecule has 4 nitrogen and oxygen atoms in total. The highest BCUT2D eigenvalue weighted by molar-refractivity contribution is 5.22. The topological polar surface area (TPSA) is 55.3 Å². The van der Waals surface area contributed by atoms with Crippen molar-refractivity contribution in [2.24, 2.45) is 11.8 Å². The van der Waals surface area contributed by atoms with Crippen LogP contribution in [0.5, 0.6) is 0 Å². The SMILES string of the molecule is CC1(C)OC2C(COCc3ccccc3)C3CC3([NH3+])C2O1. The quantitative estimate of drug-likeness (QED) is 0.911. The lowest BCUT2D eigenvalue weighted by atomic mass is 10.0. The van der Waals surface area contributed by atoms with Gasteiger partial charge in [0.05, 0.1) is 19.3 Å². The Bertz CT molecular complexity index is 532. The number of hydrogen-bond acceptors (Lipinski definition) is 3. The van der Waals surface area contributed by atoms with E-state index in [-0.39, 0.29) is 17.7 Å². The highest BCUT2D eigenvalue weighted by Crippen LogP contribution is 2.61. The van der Waals surface area contributed by atoms with E-state index in [1.807, 2.05) is 32.0 Å². The van der Waals surface area contributed by atoms with Gasteiger partial charge in [-0.2, -0.15) is 0 Å². The minimum Gasteiger partial charge on any atom is -0.376 e. The Balaban J connectivity index is 1.40. The predicted octanol–water partition coefficient (Wildman–Crippen LogP) is 1.35. The van der Waals surface area contributed by atoms with Crippen molar-refractivity contribution < 1.29 is 19.9 Å². The van der Waals surface area contributed by atoms with Gasteiger partial charge >= 0.3 is 0 Å². The molecule has 4 heteroatoms. The van der Waals surface area contributed by atoms with Crippen LogP contribution in [0.3, 0.4) is 0 Å². The zero-order valence-electron chi connectivity index (χ0n) is 12.7. The Morgan fingerprint density at radius 3 is 2.76 bits per heavy atom. The second-order valence-corrected chi connectivity index (χ2v) is 7.23. The maximum absolute atomic E-state index is 6.11. The standard InChI is InChI=1S/C17H23NO3/c1-16(2)20-14-12(13-8-17(13,18)15(14)21-16)10-19-9-11-6-4-3-5-7-11/h3-7,12-15H,8-10,18H2,1-2H3/p+1. The first-order valence-corrected chi connectivity index (χ1v) is 7.82. The fraction of sp³-hybridized carbons (Fsp3) is 0.647. The molecule has 0 amide bonds. The summed E-state index contributed by atoms with van der Waals surface area (Å²) in [7, 11) is 0. The smallest absolute Gasteiger partial charge is 0.164 e. The van der Waals surface area contributed by atoms with Crippen molar-refractivity contribution in [1.82, 2.24) is 0 Å². The largest absolute Gasteiger partial charge is 0.376 e. The number of quaternary nitrogens is 1. The summed E-state index contributed by atoms with van der Waals surface area (Å²) >= 11 is 0. The van der Waals surface area contributed by atoms with Gasteiger partial charge in [0.1, 0.15) is 11.6 Å².